The highest BCUT2D eigenvalue weighted by atomic mass is 16.7. The molecule has 0 aliphatic carbocycles. The molecule has 22 heavy (non-hydrogen) atoms. The van der Waals surface area contributed by atoms with Crippen LogP contribution in [0.1, 0.15) is 17.8 Å². The number of aryl methyl sites for hydroxylation is 2. The van der Waals surface area contributed by atoms with Crippen molar-refractivity contribution in [2.45, 2.75) is 26.4 Å². The summed E-state index contributed by atoms with van der Waals surface area (Å²) >= 11 is 0. The first-order valence-electron chi connectivity index (χ1n) is 6.99. The molecule has 0 spiro atoms. The maximum absolute atomic E-state index is 12.2. The topological polar surface area (TPSA) is 82.4 Å². The minimum absolute atomic E-state index is 0.0348. The number of carbonyl (C=O) groups excluding carboxylic acids is 1. The van der Waals surface area contributed by atoms with Crippen LogP contribution in [0.3, 0.4) is 0 Å². The molecule has 0 radical (unpaired) electrons. The summed E-state index contributed by atoms with van der Waals surface area (Å²) in [5.74, 6) is 2.20. The fourth-order valence-corrected chi connectivity index (χ4v) is 2.25. The maximum Gasteiger partial charge on any atom is 0.231 e. The molecule has 1 aromatic heterocycles. The van der Waals surface area contributed by atoms with E-state index in [1.165, 1.54) is 0 Å². The number of benzene rings is 1. The Morgan fingerprint density at radius 1 is 1.36 bits per heavy atom. The van der Waals surface area contributed by atoms with E-state index >= 15 is 0 Å². The van der Waals surface area contributed by atoms with E-state index in [4.69, 9.17) is 9.47 Å². The maximum atomic E-state index is 12.2. The molecule has 0 unspecified atom stereocenters. The van der Waals surface area contributed by atoms with E-state index in [9.17, 15) is 4.79 Å². The van der Waals surface area contributed by atoms with Crippen LogP contribution in [-0.2, 0) is 17.9 Å². The largest absolute Gasteiger partial charge is 0.454 e. The molecule has 1 aliphatic rings. The molecule has 0 fully saturated rings. The van der Waals surface area contributed by atoms with Crippen LogP contribution in [0.4, 0.5) is 0 Å². The lowest BCUT2D eigenvalue weighted by atomic mass is 10.2. The smallest absolute Gasteiger partial charge is 0.231 e. The number of hydrogen-bond acceptors (Lipinski definition) is 6. The van der Waals surface area contributed by atoms with Crippen molar-refractivity contribution < 1.29 is 14.3 Å². The van der Waals surface area contributed by atoms with E-state index < -0.39 is 0 Å². The molecule has 116 valence electrons. The Hall–Kier alpha value is -2.64. The van der Waals surface area contributed by atoms with E-state index in [-0.39, 0.29) is 12.7 Å². The van der Waals surface area contributed by atoms with E-state index in [0.717, 1.165) is 17.1 Å². The summed E-state index contributed by atoms with van der Waals surface area (Å²) in [6.07, 6.45) is 0.354. The van der Waals surface area contributed by atoms with E-state index in [2.05, 4.69) is 15.5 Å². The van der Waals surface area contributed by atoms with E-state index in [1.54, 1.807) is 23.6 Å². The summed E-state index contributed by atoms with van der Waals surface area (Å²) < 4.78 is 12.2. The molecule has 0 N–H and O–H groups in total. The molecule has 8 nitrogen and oxygen atoms in total. The van der Waals surface area contributed by atoms with Gasteiger partial charge in [0.2, 0.25) is 12.7 Å². The van der Waals surface area contributed by atoms with Gasteiger partial charge >= 0.3 is 0 Å². The SMILES string of the molecule is Cc1nnnn1CCC(=O)N(C)Cc1ccc2c(c1)OCO2. The number of carbonyl (C=O) groups is 1. The van der Waals surface area contributed by atoms with Crippen molar-refractivity contribution in [3.63, 3.8) is 0 Å². The zero-order valence-electron chi connectivity index (χ0n) is 12.5. The van der Waals surface area contributed by atoms with Gasteiger partial charge in [0.15, 0.2) is 11.5 Å². The average Bonchev–Trinajstić information content (AvgIpc) is 3.13. The van der Waals surface area contributed by atoms with Crippen LogP contribution in [0.15, 0.2) is 18.2 Å². The third-order valence-electron chi connectivity index (χ3n) is 3.53. The summed E-state index contributed by atoms with van der Waals surface area (Å²) in [6, 6.07) is 5.70. The minimum atomic E-state index is 0.0348. The second-order valence-electron chi connectivity index (χ2n) is 5.14. The lowest BCUT2D eigenvalue weighted by molar-refractivity contribution is -0.130. The third-order valence-corrected chi connectivity index (χ3v) is 3.53. The van der Waals surface area contributed by atoms with Crippen molar-refractivity contribution >= 4 is 5.91 Å². The van der Waals surface area contributed by atoms with Crippen molar-refractivity contribution in [3.05, 3.63) is 29.6 Å². The fraction of sp³-hybridized carbons (Fsp3) is 0.429. The number of nitrogens with zero attached hydrogens (tertiary/aromatic N) is 5. The van der Waals surface area contributed by atoms with Crippen LogP contribution in [0, 0.1) is 6.92 Å². The molecule has 8 heteroatoms. The van der Waals surface area contributed by atoms with Crippen LogP contribution in [0.5, 0.6) is 11.5 Å². The van der Waals surface area contributed by atoms with Crippen LogP contribution >= 0.6 is 0 Å². The van der Waals surface area contributed by atoms with Crippen molar-refractivity contribution in [1.29, 1.82) is 0 Å². The van der Waals surface area contributed by atoms with Crippen LogP contribution in [0.25, 0.3) is 0 Å². The molecule has 0 atom stereocenters. The first kappa shape index (κ1) is 14.3. The van der Waals surface area contributed by atoms with Crippen LogP contribution in [-0.4, -0.2) is 44.9 Å². The monoisotopic (exact) mass is 303 g/mol. The molecule has 0 saturated carbocycles. The van der Waals surface area contributed by atoms with E-state index in [1.807, 2.05) is 18.2 Å². The number of amides is 1. The van der Waals surface area contributed by atoms with Crippen LogP contribution < -0.4 is 9.47 Å². The summed E-state index contributed by atoms with van der Waals surface area (Å²) in [6.45, 7) is 3.05. The molecule has 1 amide bonds. The van der Waals surface area contributed by atoms with Gasteiger partial charge in [-0.2, -0.15) is 0 Å². The molecule has 1 aromatic carbocycles. The summed E-state index contributed by atoms with van der Waals surface area (Å²) in [5, 5.41) is 11.2. The van der Waals surface area contributed by atoms with Gasteiger partial charge in [-0.3, -0.25) is 4.79 Å². The number of tetrazole rings is 1. The first-order valence-corrected chi connectivity index (χ1v) is 6.99. The molecule has 2 aromatic rings. The average molecular weight is 303 g/mol. The molecular formula is C14H17N5O3. The van der Waals surface area contributed by atoms with Crippen molar-refractivity contribution in [2.75, 3.05) is 13.8 Å². The Morgan fingerprint density at radius 3 is 2.95 bits per heavy atom. The van der Waals surface area contributed by atoms with Crippen molar-refractivity contribution in [3.8, 4) is 11.5 Å². The molecular weight excluding hydrogens is 286 g/mol. The van der Waals surface area contributed by atoms with Gasteiger partial charge in [0.1, 0.15) is 5.82 Å². The van der Waals surface area contributed by atoms with Gasteiger partial charge in [-0.15, -0.1) is 5.10 Å². The molecule has 2 heterocycles. The minimum Gasteiger partial charge on any atom is -0.454 e. The van der Waals surface area contributed by atoms with Gasteiger partial charge in [0, 0.05) is 20.0 Å². The number of ether oxygens (including phenoxy) is 2. The molecule has 0 bridgehead atoms. The Bertz CT molecular complexity index is 685. The van der Waals surface area contributed by atoms with Gasteiger partial charge < -0.3 is 14.4 Å². The Balaban J connectivity index is 1.56. The first-order chi connectivity index (χ1) is 10.6. The summed E-state index contributed by atoms with van der Waals surface area (Å²) in [4.78, 5) is 13.9. The van der Waals surface area contributed by atoms with Gasteiger partial charge in [0.25, 0.3) is 0 Å². The quantitative estimate of drug-likeness (QED) is 0.811. The zero-order valence-corrected chi connectivity index (χ0v) is 12.5. The number of fused-ring (bicyclic) bond motifs is 1. The van der Waals surface area contributed by atoms with Crippen molar-refractivity contribution in [2.24, 2.45) is 0 Å². The predicted octanol–water partition coefficient (Wildman–Crippen LogP) is 0.759. The summed E-state index contributed by atoms with van der Waals surface area (Å²) in [7, 11) is 1.78. The highest BCUT2D eigenvalue weighted by Crippen LogP contribution is 2.32. The predicted molar refractivity (Wildman–Crippen MR) is 76.2 cm³/mol. The normalized spacial score (nSPS) is 12.5. The fourth-order valence-electron chi connectivity index (χ4n) is 2.25. The standard InChI is InChI=1S/C14H17N5O3/c1-10-15-16-17-19(10)6-5-14(20)18(2)8-11-3-4-12-13(7-11)22-9-21-12/h3-4,7H,5-6,8-9H2,1-2H3. The zero-order chi connectivity index (χ0) is 15.5. The molecule has 1 aliphatic heterocycles. The van der Waals surface area contributed by atoms with E-state index in [0.29, 0.717) is 25.3 Å². The van der Waals surface area contributed by atoms with Gasteiger partial charge in [-0.05, 0) is 35.0 Å². The highest BCUT2D eigenvalue weighted by molar-refractivity contribution is 5.75. The highest BCUT2D eigenvalue weighted by Gasteiger charge is 2.15. The third kappa shape index (κ3) is 3.00. The summed E-state index contributed by atoms with van der Waals surface area (Å²) in [5.41, 5.74) is 0.999. The van der Waals surface area contributed by atoms with Gasteiger partial charge in [0.05, 0.1) is 6.54 Å². The molecule has 3 rings (SSSR count). The van der Waals surface area contributed by atoms with Crippen molar-refractivity contribution in [1.82, 2.24) is 25.1 Å². The number of rotatable bonds is 5. The Labute approximate surface area is 127 Å². The van der Waals surface area contributed by atoms with Gasteiger partial charge in [-0.1, -0.05) is 6.07 Å². The lowest BCUT2D eigenvalue weighted by Crippen LogP contribution is -2.27. The van der Waals surface area contributed by atoms with Crippen LogP contribution in [0.2, 0.25) is 0 Å². The number of aromatic nitrogens is 4. The lowest BCUT2D eigenvalue weighted by Gasteiger charge is -2.17. The Morgan fingerprint density at radius 2 is 2.18 bits per heavy atom. The number of hydrogen-bond donors (Lipinski definition) is 0. The molecule has 0 saturated heterocycles. The Kier molecular flexibility index (Phi) is 3.90. The second-order valence-corrected chi connectivity index (χ2v) is 5.14. The second kappa shape index (κ2) is 6.00. The van der Waals surface area contributed by atoms with Gasteiger partial charge in [-0.25, -0.2) is 4.68 Å².